The second-order valence-electron chi connectivity index (χ2n) is 6.09. The highest BCUT2D eigenvalue weighted by molar-refractivity contribution is 7.98. The van der Waals surface area contributed by atoms with Crippen LogP contribution in [0.25, 0.3) is 16.8 Å². The Labute approximate surface area is 179 Å². The van der Waals surface area contributed by atoms with E-state index >= 15 is 0 Å². The Bertz CT molecular complexity index is 1230. The number of aryl methyl sites for hydroxylation is 1. The molecule has 0 aliphatic heterocycles. The smallest absolute Gasteiger partial charge is 0.285 e. The summed E-state index contributed by atoms with van der Waals surface area (Å²) in [4.78, 5) is 19.9. The zero-order valence-corrected chi connectivity index (χ0v) is 17.6. The van der Waals surface area contributed by atoms with Crippen molar-refractivity contribution < 1.29 is 0 Å². The lowest BCUT2D eigenvalue weighted by atomic mass is 10.1. The van der Waals surface area contributed by atoms with Gasteiger partial charge in [0.1, 0.15) is 0 Å². The standard InChI is InChI=1S/C19H13Cl3N4OS/c1-10-16(12-3-5-13(20)6-4-12)17-23-18(24-19(27)26(17)25-10)28-9-11-2-7-14(21)15(22)8-11/h2-8H,9H2,1H3,(H,23,24,27). The number of rotatable bonds is 4. The van der Waals surface area contributed by atoms with Gasteiger partial charge in [0.2, 0.25) is 0 Å². The lowest BCUT2D eigenvalue weighted by Crippen LogP contribution is -2.19. The third-order valence-corrected chi connectivity index (χ3v) is 6.08. The number of fused-ring (bicyclic) bond motifs is 1. The van der Waals surface area contributed by atoms with E-state index in [2.05, 4.69) is 15.1 Å². The van der Waals surface area contributed by atoms with Crippen molar-refractivity contribution in [3.8, 4) is 11.1 Å². The van der Waals surface area contributed by atoms with E-state index in [1.165, 1.54) is 16.3 Å². The average molecular weight is 452 g/mol. The van der Waals surface area contributed by atoms with Crippen molar-refractivity contribution in [3.63, 3.8) is 0 Å². The molecule has 0 unspecified atom stereocenters. The van der Waals surface area contributed by atoms with Crippen LogP contribution in [0.1, 0.15) is 11.3 Å². The molecule has 1 N–H and O–H groups in total. The second-order valence-corrected chi connectivity index (χ2v) is 8.30. The van der Waals surface area contributed by atoms with Gasteiger partial charge in [-0.15, -0.1) is 0 Å². The van der Waals surface area contributed by atoms with Gasteiger partial charge in [-0.25, -0.2) is 9.78 Å². The van der Waals surface area contributed by atoms with E-state index in [0.717, 1.165) is 16.7 Å². The Balaban J connectivity index is 1.72. The first-order valence-electron chi connectivity index (χ1n) is 8.24. The Morgan fingerprint density at radius 2 is 1.82 bits per heavy atom. The highest BCUT2D eigenvalue weighted by Gasteiger charge is 2.16. The fourth-order valence-electron chi connectivity index (χ4n) is 2.83. The second kappa shape index (κ2) is 7.79. The summed E-state index contributed by atoms with van der Waals surface area (Å²) in [6.07, 6.45) is 0. The summed E-state index contributed by atoms with van der Waals surface area (Å²) in [5.41, 5.74) is 3.55. The monoisotopic (exact) mass is 450 g/mol. The molecule has 0 atom stereocenters. The minimum atomic E-state index is -0.343. The molecule has 28 heavy (non-hydrogen) atoms. The molecule has 2 aromatic heterocycles. The van der Waals surface area contributed by atoms with E-state index in [1.54, 1.807) is 24.3 Å². The molecule has 142 valence electrons. The first kappa shape index (κ1) is 19.3. The van der Waals surface area contributed by atoms with Crippen molar-refractivity contribution in [2.24, 2.45) is 0 Å². The van der Waals surface area contributed by atoms with Crippen LogP contribution in [0.5, 0.6) is 0 Å². The van der Waals surface area contributed by atoms with Gasteiger partial charge in [0.25, 0.3) is 0 Å². The molecule has 0 aliphatic rings. The molecule has 5 nitrogen and oxygen atoms in total. The molecule has 0 spiro atoms. The number of nitrogens with one attached hydrogen (secondary N) is 1. The summed E-state index contributed by atoms with van der Waals surface area (Å²) in [6, 6.07) is 12.8. The van der Waals surface area contributed by atoms with Crippen LogP contribution in [0.2, 0.25) is 15.1 Å². The predicted octanol–water partition coefficient (Wildman–Crippen LogP) is 5.65. The molecule has 0 saturated carbocycles. The van der Waals surface area contributed by atoms with Crippen molar-refractivity contribution >= 4 is 52.2 Å². The van der Waals surface area contributed by atoms with Crippen molar-refractivity contribution in [2.75, 3.05) is 0 Å². The summed E-state index contributed by atoms with van der Waals surface area (Å²) in [5, 5.41) is 6.47. The lowest BCUT2D eigenvalue weighted by Gasteiger charge is -2.05. The van der Waals surface area contributed by atoms with Gasteiger partial charge >= 0.3 is 5.69 Å². The van der Waals surface area contributed by atoms with Gasteiger partial charge < -0.3 is 0 Å². The number of H-pyrrole nitrogens is 1. The van der Waals surface area contributed by atoms with Crippen LogP contribution in [0.15, 0.2) is 52.4 Å². The third kappa shape index (κ3) is 3.78. The summed E-state index contributed by atoms with van der Waals surface area (Å²) in [6.45, 7) is 1.85. The lowest BCUT2D eigenvalue weighted by molar-refractivity contribution is 0.780. The average Bonchev–Trinajstić information content (AvgIpc) is 3.00. The first-order valence-corrected chi connectivity index (χ1v) is 10.4. The van der Waals surface area contributed by atoms with Gasteiger partial charge in [0.15, 0.2) is 10.8 Å². The predicted molar refractivity (Wildman–Crippen MR) is 115 cm³/mol. The zero-order chi connectivity index (χ0) is 19.8. The number of halogens is 3. The van der Waals surface area contributed by atoms with Crippen molar-refractivity contribution in [1.29, 1.82) is 0 Å². The SMILES string of the molecule is Cc1nn2c(=O)[nH]c(SCc3ccc(Cl)c(Cl)c3)nc2c1-c1ccc(Cl)cc1. The molecule has 0 fully saturated rings. The summed E-state index contributed by atoms with van der Waals surface area (Å²) < 4.78 is 1.28. The normalized spacial score (nSPS) is 11.3. The Morgan fingerprint density at radius 1 is 1.07 bits per heavy atom. The van der Waals surface area contributed by atoms with E-state index in [4.69, 9.17) is 34.8 Å². The van der Waals surface area contributed by atoms with Crippen LogP contribution >= 0.6 is 46.6 Å². The molecule has 0 bridgehead atoms. The van der Waals surface area contributed by atoms with Crippen molar-refractivity contribution in [3.05, 3.63) is 79.3 Å². The van der Waals surface area contributed by atoms with Crippen molar-refractivity contribution in [2.45, 2.75) is 17.8 Å². The molecular weight excluding hydrogens is 439 g/mol. The number of aromatic nitrogens is 4. The van der Waals surface area contributed by atoms with Crippen LogP contribution in [0.3, 0.4) is 0 Å². The van der Waals surface area contributed by atoms with E-state index in [0.29, 0.717) is 37.3 Å². The molecule has 9 heteroatoms. The Hall–Kier alpha value is -1.99. The van der Waals surface area contributed by atoms with Gasteiger partial charge in [-0.1, -0.05) is 64.8 Å². The molecular formula is C19H13Cl3N4OS. The number of hydrogen-bond donors (Lipinski definition) is 1. The number of nitrogens with zero attached hydrogens (tertiary/aromatic N) is 3. The van der Waals surface area contributed by atoms with Gasteiger partial charge in [-0.05, 0) is 42.3 Å². The maximum atomic E-state index is 12.5. The maximum Gasteiger partial charge on any atom is 0.350 e. The molecule has 0 saturated heterocycles. The Kier molecular flexibility index (Phi) is 5.38. The molecule has 0 radical (unpaired) electrons. The molecule has 2 heterocycles. The fraction of sp³-hybridized carbons (Fsp3) is 0.105. The number of thioether (sulfide) groups is 1. The van der Waals surface area contributed by atoms with Crippen LogP contribution < -0.4 is 5.69 Å². The van der Waals surface area contributed by atoms with E-state index in [9.17, 15) is 4.79 Å². The Morgan fingerprint density at radius 3 is 2.54 bits per heavy atom. The maximum absolute atomic E-state index is 12.5. The highest BCUT2D eigenvalue weighted by Crippen LogP contribution is 2.29. The zero-order valence-electron chi connectivity index (χ0n) is 14.5. The van der Waals surface area contributed by atoms with E-state index in [-0.39, 0.29) is 5.69 Å². The minimum absolute atomic E-state index is 0.343. The van der Waals surface area contributed by atoms with Crippen molar-refractivity contribution in [1.82, 2.24) is 19.6 Å². The summed E-state index contributed by atoms with van der Waals surface area (Å²) in [5.74, 6) is 0.583. The molecule has 4 aromatic rings. The van der Waals surface area contributed by atoms with Crippen LogP contribution in [-0.4, -0.2) is 19.6 Å². The molecule has 0 aliphatic carbocycles. The van der Waals surface area contributed by atoms with E-state index < -0.39 is 0 Å². The molecule has 0 amide bonds. The van der Waals surface area contributed by atoms with Crippen LogP contribution in [0, 0.1) is 6.92 Å². The quantitative estimate of drug-likeness (QED) is 0.407. The molecule has 2 aromatic carbocycles. The van der Waals surface area contributed by atoms with Gasteiger partial charge in [0, 0.05) is 16.3 Å². The number of aromatic amines is 1. The molecule has 4 rings (SSSR count). The van der Waals surface area contributed by atoms with Gasteiger partial charge in [-0.2, -0.15) is 9.61 Å². The van der Waals surface area contributed by atoms with Crippen LogP contribution in [0.4, 0.5) is 0 Å². The summed E-state index contributed by atoms with van der Waals surface area (Å²) in [7, 11) is 0. The minimum Gasteiger partial charge on any atom is -0.285 e. The topological polar surface area (TPSA) is 63.1 Å². The summed E-state index contributed by atoms with van der Waals surface area (Å²) >= 11 is 19.4. The fourth-order valence-corrected chi connectivity index (χ4v) is 4.07. The first-order chi connectivity index (χ1) is 13.4. The van der Waals surface area contributed by atoms with Crippen LogP contribution in [-0.2, 0) is 5.75 Å². The number of benzene rings is 2. The number of hydrogen-bond acceptors (Lipinski definition) is 4. The highest BCUT2D eigenvalue weighted by atomic mass is 35.5. The largest absolute Gasteiger partial charge is 0.350 e. The van der Waals surface area contributed by atoms with Gasteiger partial charge in [-0.3, -0.25) is 4.98 Å². The third-order valence-electron chi connectivity index (χ3n) is 4.14. The van der Waals surface area contributed by atoms with Gasteiger partial charge in [0.05, 0.1) is 15.7 Å². The van der Waals surface area contributed by atoms with E-state index in [1.807, 2.05) is 25.1 Å².